The van der Waals surface area contributed by atoms with Gasteiger partial charge in [-0.1, -0.05) is 12.1 Å². The molecule has 0 unspecified atom stereocenters. The maximum Gasteiger partial charge on any atom is 0.321 e. The number of amides is 2. The summed E-state index contributed by atoms with van der Waals surface area (Å²) in [5.41, 5.74) is 1.64. The standard InChI is InChI=1S/C18H20FN3O2/c19-15-5-3-14(4-6-15)13-24-17-7-10-22(11-8-17)18(23)21-16-2-1-9-20-12-16/h1-6,9,12,17H,7-8,10-11,13H2,(H,21,23). The fourth-order valence-electron chi connectivity index (χ4n) is 2.66. The van der Waals surface area contributed by atoms with E-state index < -0.39 is 0 Å². The number of anilines is 1. The topological polar surface area (TPSA) is 54.5 Å². The smallest absolute Gasteiger partial charge is 0.321 e. The zero-order valence-electron chi connectivity index (χ0n) is 13.3. The summed E-state index contributed by atoms with van der Waals surface area (Å²) in [5, 5.41) is 2.84. The predicted octanol–water partition coefficient (Wildman–Crippen LogP) is 3.43. The van der Waals surface area contributed by atoms with Crippen LogP contribution in [-0.2, 0) is 11.3 Å². The lowest BCUT2D eigenvalue weighted by molar-refractivity contribution is 0.00538. The molecule has 0 saturated carbocycles. The minimum absolute atomic E-state index is 0.111. The van der Waals surface area contributed by atoms with Crippen molar-refractivity contribution in [3.8, 4) is 0 Å². The number of carbonyl (C=O) groups excluding carboxylic acids is 1. The number of halogens is 1. The molecule has 1 aromatic heterocycles. The zero-order valence-corrected chi connectivity index (χ0v) is 13.3. The summed E-state index contributed by atoms with van der Waals surface area (Å²) in [6.45, 7) is 1.77. The van der Waals surface area contributed by atoms with Crippen LogP contribution in [0.25, 0.3) is 0 Å². The quantitative estimate of drug-likeness (QED) is 0.935. The minimum atomic E-state index is -0.244. The summed E-state index contributed by atoms with van der Waals surface area (Å²) >= 11 is 0. The van der Waals surface area contributed by atoms with E-state index in [2.05, 4.69) is 10.3 Å². The van der Waals surface area contributed by atoms with Crippen molar-refractivity contribution in [3.05, 3.63) is 60.2 Å². The molecule has 1 aromatic carbocycles. The molecule has 126 valence electrons. The second kappa shape index (κ2) is 7.88. The number of carbonyl (C=O) groups is 1. The first kappa shape index (κ1) is 16.4. The van der Waals surface area contributed by atoms with Crippen LogP contribution in [0.4, 0.5) is 14.9 Å². The third-order valence-corrected chi connectivity index (χ3v) is 4.04. The van der Waals surface area contributed by atoms with Crippen molar-refractivity contribution in [1.29, 1.82) is 0 Å². The van der Waals surface area contributed by atoms with Crippen LogP contribution in [0.1, 0.15) is 18.4 Å². The number of hydrogen-bond acceptors (Lipinski definition) is 3. The van der Waals surface area contributed by atoms with Gasteiger partial charge in [0.15, 0.2) is 0 Å². The number of urea groups is 1. The molecule has 24 heavy (non-hydrogen) atoms. The minimum Gasteiger partial charge on any atom is -0.373 e. The molecule has 1 saturated heterocycles. The molecule has 1 fully saturated rings. The zero-order chi connectivity index (χ0) is 16.8. The van der Waals surface area contributed by atoms with Crippen molar-refractivity contribution in [1.82, 2.24) is 9.88 Å². The van der Waals surface area contributed by atoms with E-state index in [1.165, 1.54) is 12.1 Å². The van der Waals surface area contributed by atoms with Crippen molar-refractivity contribution >= 4 is 11.7 Å². The van der Waals surface area contributed by atoms with Gasteiger partial charge in [-0.15, -0.1) is 0 Å². The first-order valence-corrected chi connectivity index (χ1v) is 8.03. The van der Waals surface area contributed by atoms with Crippen LogP contribution in [0, 0.1) is 5.82 Å². The molecule has 1 aliphatic rings. The lowest BCUT2D eigenvalue weighted by Crippen LogP contribution is -2.43. The van der Waals surface area contributed by atoms with E-state index in [-0.39, 0.29) is 18.0 Å². The summed E-state index contributed by atoms with van der Waals surface area (Å²) in [7, 11) is 0. The third kappa shape index (κ3) is 4.52. The van der Waals surface area contributed by atoms with Crippen LogP contribution in [0.15, 0.2) is 48.8 Å². The molecule has 6 heteroatoms. The third-order valence-electron chi connectivity index (χ3n) is 4.04. The highest BCUT2D eigenvalue weighted by Crippen LogP contribution is 2.17. The average Bonchev–Trinajstić information content (AvgIpc) is 2.62. The second-order valence-corrected chi connectivity index (χ2v) is 5.80. The van der Waals surface area contributed by atoms with Gasteiger partial charge in [-0.25, -0.2) is 9.18 Å². The van der Waals surface area contributed by atoms with E-state index in [0.29, 0.717) is 25.4 Å². The van der Waals surface area contributed by atoms with Gasteiger partial charge in [-0.3, -0.25) is 4.98 Å². The molecule has 2 aromatic rings. The second-order valence-electron chi connectivity index (χ2n) is 5.80. The first-order valence-electron chi connectivity index (χ1n) is 8.03. The van der Waals surface area contributed by atoms with Crippen molar-refractivity contribution in [2.45, 2.75) is 25.6 Å². The Labute approximate surface area is 140 Å². The van der Waals surface area contributed by atoms with Crippen molar-refractivity contribution < 1.29 is 13.9 Å². The normalized spacial score (nSPS) is 15.3. The first-order chi connectivity index (χ1) is 11.7. The number of nitrogens with zero attached hydrogens (tertiary/aromatic N) is 2. The molecule has 1 aliphatic heterocycles. The molecule has 0 atom stereocenters. The molecule has 3 rings (SSSR count). The average molecular weight is 329 g/mol. The Bertz CT molecular complexity index is 656. The number of rotatable bonds is 4. The summed E-state index contributed by atoms with van der Waals surface area (Å²) in [4.78, 5) is 18.0. The predicted molar refractivity (Wildman–Crippen MR) is 89.0 cm³/mol. The number of benzene rings is 1. The van der Waals surface area contributed by atoms with Crippen molar-refractivity contribution in [2.75, 3.05) is 18.4 Å². The highest BCUT2D eigenvalue weighted by Gasteiger charge is 2.23. The fourth-order valence-corrected chi connectivity index (χ4v) is 2.66. The van der Waals surface area contributed by atoms with Crippen LogP contribution in [-0.4, -0.2) is 35.1 Å². The molecule has 0 radical (unpaired) electrons. The maximum absolute atomic E-state index is 12.9. The molecule has 1 N–H and O–H groups in total. The van der Waals surface area contributed by atoms with Crippen LogP contribution < -0.4 is 5.32 Å². The molecular weight excluding hydrogens is 309 g/mol. The lowest BCUT2D eigenvalue weighted by atomic mass is 10.1. The van der Waals surface area contributed by atoms with E-state index >= 15 is 0 Å². The van der Waals surface area contributed by atoms with Gasteiger partial charge >= 0.3 is 6.03 Å². The van der Waals surface area contributed by atoms with Crippen LogP contribution in [0.2, 0.25) is 0 Å². The summed E-state index contributed by atoms with van der Waals surface area (Å²) in [6.07, 6.45) is 5.00. The number of aromatic nitrogens is 1. The number of likely N-dealkylation sites (tertiary alicyclic amines) is 1. The van der Waals surface area contributed by atoms with Gasteiger partial charge in [0, 0.05) is 19.3 Å². The van der Waals surface area contributed by atoms with E-state index in [0.717, 1.165) is 18.4 Å². The van der Waals surface area contributed by atoms with E-state index in [1.807, 2.05) is 6.07 Å². The van der Waals surface area contributed by atoms with Crippen LogP contribution >= 0.6 is 0 Å². The van der Waals surface area contributed by atoms with Crippen molar-refractivity contribution in [3.63, 3.8) is 0 Å². The number of pyridine rings is 1. The Balaban J connectivity index is 1.42. The van der Waals surface area contributed by atoms with Crippen LogP contribution in [0.3, 0.4) is 0 Å². The highest BCUT2D eigenvalue weighted by molar-refractivity contribution is 5.89. The SMILES string of the molecule is O=C(Nc1cccnc1)N1CCC(OCc2ccc(F)cc2)CC1. The molecule has 0 aliphatic carbocycles. The number of hydrogen-bond donors (Lipinski definition) is 1. The molecule has 0 bridgehead atoms. The van der Waals surface area contributed by atoms with Crippen LogP contribution in [0.5, 0.6) is 0 Å². The number of nitrogens with one attached hydrogen (secondary N) is 1. The summed E-state index contributed by atoms with van der Waals surface area (Å²) < 4.78 is 18.7. The van der Waals surface area contributed by atoms with Gasteiger partial charge in [-0.2, -0.15) is 0 Å². The largest absolute Gasteiger partial charge is 0.373 e. The Hall–Kier alpha value is -2.47. The van der Waals surface area contributed by atoms with E-state index in [4.69, 9.17) is 4.74 Å². The fraction of sp³-hybridized carbons (Fsp3) is 0.333. The number of piperidine rings is 1. The molecular formula is C18H20FN3O2. The van der Waals surface area contributed by atoms with Gasteiger partial charge in [0.25, 0.3) is 0 Å². The Morgan fingerprint density at radius 1 is 1.25 bits per heavy atom. The van der Waals surface area contributed by atoms with Crippen molar-refractivity contribution in [2.24, 2.45) is 0 Å². The Kier molecular flexibility index (Phi) is 5.38. The summed E-state index contributed by atoms with van der Waals surface area (Å²) in [6, 6.07) is 9.81. The molecule has 2 amide bonds. The monoisotopic (exact) mass is 329 g/mol. The summed E-state index contributed by atoms with van der Waals surface area (Å²) in [5.74, 6) is -0.244. The lowest BCUT2D eigenvalue weighted by Gasteiger charge is -2.32. The molecule has 2 heterocycles. The van der Waals surface area contributed by atoms with Gasteiger partial charge in [0.1, 0.15) is 5.82 Å². The van der Waals surface area contributed by atoms with E-state index in [1.54, 1.807) is 35.5 Å². The van der Waals surface area contributed by atoms with Gasteiger partial charge < -0.3 is 15.0 Å². The van der Waals surface area contributed by atoms with Gasteiger partial charge in [-0.05, 0) is 42.7 Å². The van der Waals surface area contributed by atoms with E-state index in [9.17, 15) is 9.18 Å². The number of ether oxygens (including phenoxy) is 1. The Morgan fingerprint density at radius 3 is 2.67 bits per heavy atom. The molecule has 0 spiro atoms. The maximum atomic E-state index is 12.9. The molecule has 5 nitrogen and oxygen atoms in total. The van der Waals surface area contributed by atoms with Gasteiger partial charge in [0.2, 0.25) is 0 Å². The highest BCUT2D eigenvalue weighted by atomic mass is 19.1. The van der Waals surface area contributed by atoms with Gasteiger partial charge in [0.05, 0.1) is 24.6 Å². The Morgan fingerprint density at radius 2 is 2.00 bits per heavy atom.